The smallest absolute Gasteiger partial charge is 0.239 e. The minimum Gasteiger partial charge on any atom is -0.388 e. The van der Waals surface area contributed by atoms with Crippen molar-refractivity contribution in [2.75, 3.05) is 19.6 Å². The van der Waals surface area contributed by atoms with E-state index in [2.05, 4.69) is 34.3 Å². The molecule has 1 unspecified atom stereocenters. The summed E-state index contributed by atoms with van der Waals surface area (Å²) in [6.45, 7) is 3.04. The van der Waals surface area contributed by atoms with Gasteiger partial charge in [-0.1, -0.05) is 41.9 Å². The highest BCUT2D eigenvalue weighted by molar-refractivity contribution is 5.83. The first-order valence-electron chi connectivity index (χ1n) is 9.37. The fourth-order valence-corrected chi connectivity index (χ4v) is 3.93. The molecule has 4 rings (SSSR count). The van der Waals surface area contributed by atoms with Crippen molar-refractivity contribution in [3.05, 3.63) is 53.4 Å². The van der Waals surface area contributed by atoms with Crippen molar-refractivity contribution < 1.29 is 14.4 Å². The van der Waals surface area contributed by atoms with E-state index in [1.165, 1.54) is 5.56 Å². The minimum absolute atomic E-state index is 0.0183. The maximum atomic E-state index is 13.0. The zero-order chi connectivity index (χ0) is 17.9. The molecule has 6 nitrogen and oxygen atoms in total. The summed E-state index contributed by atoms with van der Waals surface area (Å²) in [6, 6.07) is 12.1. The average molecular weight is 355 g/mol. The first-order valence-corrected chi connectivity index (χ1v) is 9.37. The molecule has 2 aliphatic heterocycles. The predicted molar refractivity (Wildman–Crippen MR) is 96.2 cm³/mol. The summed E-state index contributed by atoms with van der Waals surface area (Å²) in [5.74, 6) is 0.933. The SMILES string of the molecule is O=C(C1CCCCN1Cc1ccccc1)N1CC(c2cc(CO)on2)C1. The van der Waals surface area contributed by atoms with Crippen LogP contribution in [0.3, 0.4) is 0 Å². The summed E-state index contributed by atoms with van der Waals surface area (Å²) >= 11 is 0. The number of aromatic nitrogens is 1. The van der Waals surface area contributed by atoms with E-state index in [1.807, 2.05) is 11.0 Å². The minimum atomic E-state index is -0.140. The van der Waals surface area contributed by atoms with Crippen LogP contribution in [-0.2, 0) is 17.9 Å². The topological polar surface area (TPSA) is 69.8 Å². The van der Waals surface area contributed by atoms with E-state index in [4.69, 9.17) is 9.63 Å². The lowest BCUT2D eigenvalue weighted by Gasteiger charge is -2.43. The molecular weight excluding hydrogens is 330 g/mol. The molecular formula is C20H25N3O3. The van der Waals surface area contributed by atoms with Crippen molar-refractivity contribution in [2.45, 2.75) is 44.4 Å². The second-order valence-corrected chi connectivity index (χ2v) is 7.28. The number of benzene rings is 1. The van der Waals surface area contributed by atoms with Crippen LogP contribution in [0.1, 0.15) is 42.2 Å². The van der Waals surface area contributed by atoms with E-state index in [1.54, 1.807) is 6.07 Å². The number of likely N-dealkylation sites (tertiary alicyclic amines) is 2. The zero-order valence-corrected chi connectivity index (χ0v) is 14.9. The summed E-state index contributed by atoms with van der Waals surface area (Å²) in [6.07, 6.45) is 3.20. The highest BCUT2D eigenvalue weighted by atomic mass is 16.5. The number of piperidine rings is 1. The van der Waals surface area contributed by atoms with E-state index in [-0.39, 0.29) is 24.5 Å². The van der Waals surface area contributed by atoms with Crippen LogP contribution in [0.15, 0.2) is 40.9 Å². The second kappa shape index (κ2) is 7.60. The van der Waals surface area contributed by atoms with Crippen LogP contribution >= 0.6 is 0 Å². The van der Waals surface area contributed by atoms with E-state index in [0.29, 0.717) is 18.8 Å². The molecule has 3 heterocycles. The Labute approximate surface area is 153 Å². The van der Waals surface area contributed by atoms with Crippen molar-refractivity contribution in [1.82, 2.24) is 15.0 Å². The second-order valence-electron chi connectivity index (χ2n) is 7.28. The van der Waals surface area contributed by atoms with Crippen LogP contribution in [0.4, 0.5) is 0 Å². The van der Waals surface area contributed by atoms with Gasteiger partial charge in [0.2, 0.25) is 5.91 Å². The summed E-state index contributed by atoms with van der Waals surface area (Å²) in [7, 11) is 0. The number of amides is 1. The Morgan fingerprint density at radius 2 is 2.04 bits per heavy atom. The Hall–Kier alpha value is -2.18. The molecule has 0 saturated carbocycles. The molecule has 6 heteroatoms. The van der Waals surface area contributed by atoms with Crippen molar-refractivity contribution in [2.24, 2.45) is 0 Å². The highest BCUT2D eigenvalue weighted by Gasteiger charge is 2.39. The zero-order valence-electron chi connectivity index (χ0n) is 14.9. The molecule has 1 N–H and O–H groups in total. The predicted octanol–water partition coefficient (Wildman–Crippen LogP) is 2.15. The third-order valence-electron chi connectivity index (χ3n) is 5.47. The fourth-order valence-electron chi connectivity index (χ4n) is 3.93. The lowest BCUT2D eigenvalue weighted by molar-refractivity contribution is -0.143. The van der Waals surface area contributed by atoms with E-state index >= 15 is 0 Å². The Balaban J connectivity index is 1.37. The first-order chi connectivity index (χ1) is 12.7. The van der Waals surface area contributed by atoms with Gasteiger partial charge >= 0.3 is 0 Å². The molecule has 0 bridgehead atoms. The van der Waals surface area contributed by atoms with E-state index in [9.17, 15) is 4.79 Å². The summed E-state index contributed by atoms with van der Waals surface area (Å²) in [4.78, 5) is 17.3. The summed E-state index contributed by atoms with van der Waals surface area (Å²) < 4.78 is 5.05. The average Bonchev–Trinajstić information content (AvgIpc) is 3.10. The Morgan fingerprint density at radius 3 is 2.77 bits per heavy atom. The number of hydrogen-bond acceptors (Lipinski definition) is 5. The highest BCUT2D eigenvalue weighted by Crippen LogP contribution is 2.30. The molecule has 1 aromatic heterocycles. The molecule has 138 valence electrons. The largest absolute Gasteiger partial charge is 0.388 e. The van der Waals surface area contributed by atoms with Crippen LogP contribution in [0, 0.1) is 0 Å². The Morgan fingerprint density at radius 1 is 1.23 bits per heavy atom. The van der Waals surface area contributed by atoms with Gasteiger partial charge in [0.05, 0.1) is 11.7 Å². The number of carbonyl (C=O) groups is 1. The van der Waals surface area contributed by atoms with Gasteiger partial charge in [-0.3, -0.25) is 9.69 Å². The van der Waals surface area contributed by atoms with Gasteiger partial charge in [-0.05, 0) is 24.9 Å². The maximum absolute atomic E-state index is 13.0. The number of aliphatic hydroxyl groups excluding tert-OH is 1. The molecule has 0 spiro atoms. The van der Waals surface area contributed by atoms with Crippen LogP contribution in [0.25, 0.3) is 0 Å². The monoisotopic (exact) mass is 355 g/mol. The van der Waals surface area contributed by atoms with Gasteiger partial charge in [0, 0.05) is 31.6 Å². The third-order valence-corrected chi connectivity index (χ3v) is 5.47. The molecule has 1 aromatic carbocycles. The van der Waals surface area contributed by atoms with Gasteiger partial charge in [-0.2, -0.15) is 0 Å². The normalized spacial score (nSPS) is 21.6. The number of rotatable bonds is 5. The number of nitrogens with zero attached hydrogens (tertiary/aromatic N) is 3. The number of aliphatic hydroxyl groups is 1. The quantitative estimate of drug-likeness (QED) is 0.890. The molecule has 26 heavy (non-hydrogen) atoms. The molecule has 0 aliphatic carbocycles. The van der Waals surface area contributed by atoms with Gasteiger partial charge in [0.15, 0.2) is 5.76 Å². The number of carbonyl (C=O) groups excluding carboxylic acids is 1. The molecule has 1 atom stereocenters. The van der Waals surface area contributed by atoms with Gasteiger partial charge in [-0.25, -0.2) is 0 Å². The molecule has 2 aliphatic rings. The van der Waals surface area contributed by atoms with Gasteiger partial charge in [0.25, 0.3) is 0 Å². The lowest BCUT2D eigenvalue weighted by atomic mass is 9.93. The fraction of sp³-hybridized carbons (Fsp3) is 0.500. The lowest BCUT2D eigenvalue weighted by Crippen LogP contribution is -2.57. The van der Waals surface area contributed by atoms with Crippen molar-refractivity contribution in [3.63, 3.8) is 0 Å². The molecule has 2 saturated heterocycles. The van der Waals surface area contributed by atoms with Crippen LogP contribution < -0.4 is 0 Å². The van der Waals surface area contributed by atoms with Crippen LogP contribution in [-0.4, -0.2) is 51.6 Å². The molecule has 0 radical (unpaired) electrons. The van der Waals surface area contributed by atoms with Crippen LogP contribution in [0.5, 0.6) is 0 Å². The van der Waals surface area contributed by atoms with Gasteiger partial charge in [-0.15, -0.1) is 0 Å². The van der Waals surface area contributed by atoms with Crippen LogP contribution in [0.2, 0.25) is 0 Å². The van der Waals surface area contributed by atoms with Gasteiger partial charge < -0.3 is 14.5 Å². The Kier molecular flexibility index (Phi) is 5.04. The van der Waals surface area contributed by atoms with E-state index < -0.39 is 0 Å². The Bertz CT molecular complexity index is 740. The maximum Gasteiger partial charge on any atom is 0.239 e. The molecule has 1 amide bonds. The summed E-state index contributed by atoms with van der Waals surface area (Å²) in [5, 5.41) is 13.1. The molecule has 2 fully saturated rings. The standard InChI is InChI=1S/C20H25N3O3/c24-14-17-10-18(21-26-17)16-12-23(13-16)20(25)19-8-4-5-9-22(19)11-15-6-2-1-3-7-15/h1-3,6-7,10,16,19,24H,4-5,8-9,11-14H2. The summed E-state index contributed by atoms with van der Waals surface area (Å²) in [5.41, 5.74) is 2.09. The first kappa shape index (κ1) is 17.2. The van der Waals surface area contributed by atoms with E-state index in [0.717, 1.165) is 38.0 Å². The van der Waals surface area contributed by atoms with Crippen molar-refractivity contribution in [3.8, 4) is 0 Å². The molecule has 2 aromatic rings. The third kappa shape index (κ3) is 3.52. The van der Waals surface area contributed by atoms with Crippen molar-refractivity contribution in [1.29, 1.82) is 0 Å². The van der Waals surface area contributed by atoms with Crippen molar-refractivity contribution >= 4 is 5.91 Å². The van der Waals surface area contributed by atoms with Gasteiger partial charge in [0.1, 0.15) is 6.61 Å². The number of hydrogen-bond donors (Lipinski definition) is 1.